The first-order valence-corrected chi connectivity index (χ1v) is 8.91. The molecule has 5 heterocycles. The van der Waals surface area contributed by atoms with Gasteiger partial charge in [0, 0.05) is 42.1 Å². The van der Waals surface area contributed by atoms with E-state index in [0.717, 1.165) is 58.2 Å². The molecule has 0 saturated carbocycles. The Morgan fingerprint density at radius 2 is 1.85 bits per heavy atom. The fourth-order valence-corrected chi connectivity index (χ4v) is 3.76. The molecule has 7 nitrogen and oxygen atoms in total. The first-order valence-electron chi connectivity index (χ1n) is 8.91. The van der Waals surface area contributed by atoms with E-state index in [4.69, 9.17) is 10.7 Å². The number of hydrogen-bond acceptors (Lipinski definition) is 6. The summed E-state index contributed by atoms with van der Waals surface area (Å²) in [5.41, 5.74) is 13.8. The van der Waals surface area contributed by atoms with Crippen molar-refractivity contribution in [3.8, 4) is 22.4 Å². The largest absolute Gasteiger partial charge is 0.370 e. The van der Waals surface area contributed by atoms with Crippen molar-refractivity contribution in [3.05, 3.63) is 53.7 Å². The molecule has 0 aliphatic carbocycles. The van der Waals surface area contributed by atoms with E-state index >= 15 is 0 Å². The highest BCUT2D eigenvalue weighted by Gasteiger charge is 2.20. The predicted molar refractivity (Wildman–Crippen MR) is 106 cm³/mol. The molecule has 1 aliphatic rings. The van der Waals surface area contributed by atoms with E-state index in [1.807, 2.05) is 30.6 Å². The fourth-order valence-electron chi connectivity index (χ4n) is 3.76. The van der Waals surface area contributed by atoms with Gasteiger partial charge in [-0.15, -0.1) is 0 Å². The van der Waals surface area contributed by atoms with Crippen LogP contribution < -0.4 is 11.1 Å². The van der Waals surface area contributed by atoms with Crippen molar-refractivity contribution in [1.29, 1.82) is 0 Å². The highest BCUT2D eigenvalue weighted by Crippen LogP contribution is 2.36. The lowest BCUT2D eigenvalue weighted by molar-refractivity contribution is 1.10. The second kappa shape index (κ2) is 5.77. The van der Waals surface area contributed by atoms with Crippen LogP contribution in [0.2, 0.25) is 0 Å². The molecule has 3 N–H and O–H groups in total. The Morgan fingerprint density at radius 3 is 2.67 bits per heavy atom. The lowest BCUT2D eigenvalue weighted by atomic mass is 9.99. The number of nitrogens with zero attached hydrogens (tertiary/aromatic N) is 5. The summed E-state index contributed by atoms with van der Waals surface area (Å²) in [4.78, 5) is 18.4. The summed E-state index contributed by atoms with van der Waals surface area (Å²) in [5.74, 6) is 1.35. The predicted octanol–water partition coefficient (Wildman–Crippen LogP) is 3.02. The summed E-state index contributed by atoms with van der Waals surface area (Å²) in [6.45, 7) is 4.90. The van der Waals surface area contributed by atoms with Gasteiger partial charge >= 0.3 is 0 Å². The molecule has 0 bridgehead atoms. The molecule has 5 rings (SSSR count). The Kier molecular flexibility index (Phi) is 3.36. The number of anilines is 2. The third kappa shape index (κ3) is 2.51. The molecule has 4 aromatic heterocycles. The molecule has 27 heavy (non-hydrogen) atoms. The number of hydrogen-bond donors (Lipinski definition) is 2. The van der Waals surface area contributed by atoms with Crippen molar-refractivity contribution in [2.45, 2.75) is 20.3 Å². The third-order valence-corrected chi connectivity index (χ3v) is 4.87. The fraction of sp³-hybridized carbons (Fsp3) is 0.200. The zero-order valence-corrected chi connectivity index (χ0v) is 15.2. The average Bonchev–Trinajstić information content (AvgIpc) is 3.29. The summed E-state index contributed by atoms with van der Waals surface area (Å²) >= 11 is 0. The summed E-state index contributed by atoms with van der Waals surface area (Å²) in [7, 11) is 0. The minimum Gasteiger partial charge on any atom is -0.370 e. The molecule has 0 atom stereocenters. The van der Waals surface area contributed by atoms with E-state index in [1.54, 1.807) is 6.20 Å². The number of nitrogen functional groups attached to an aromatic ring is 1. The van der Waals surface area contributed by atoms with Crippen LogP contribution in [0.1, 0.15) is 17.0 Å². The summed E-state index contributed by atoms with van der Waals surface area (Å²) in [5, 5.41) is 3.30. The third-order valence-electron chi connectivity index (χ3n) is 4.87. The summed E-state index contributed by atoms with van der Waals surface area (Å²) in [6.07, 6.45) is 6.38. The van der Waals surface area contributed by atoms with Gasteiger partial charge in [0.15, 0.2) is 0 Å². The Morgan fingerprint density at radius 1 is 1.04 bits per heavy atom. The topological polar surface area (TPSA) is 94.0 Å². The first-order chi connectivity index (χ1) is 13.1. The molecule has 0 amide bonds. The number of nitrogens with one attached hydrogen (secondary N) is 1. The van der Waals surface area contributed by atoms with Gasteiger partial charge in [0.2, 0.25) is 5.95 Å². The SMILES string of the molecule is Cc1cc(-c2c(-c3cnc4c(c3)CCN4)nc(N)n3ccnc23)cc(C)n1. The van der Waals surface area contributed by atoms with Crippen LogP contribution in [-0.4, -0.2) is 30.9 Å². The van der Waals surface area contributed by atoms with E-state index < -0.39 is 0 Å². The lowest BCUT2D eigenvalue weighted by Crippen LogP contribution is -2.05. The van der Waals surface area contributed by atoms with Crippen molar-refractivity contribution in [2.75, 3.05) is 17.6 Å². The van der Waals surface area contributed by atoms with E-state index in [0.29, 0.717) is 5.95 Å². The molecule has 0 spiro atoms. The monoisotopic (exact) mass is 357 g/mol. The second-order valence-corrected chi connectivity index (χ2v) is 6.86. The zero-order chi connectivity index (χ0) is 18.5. The molecular formula is C20H19N7. The van der Waals surface area contributed by atoms with Gasteiger partial charge in [-0.3, -0.25) is 9.38 Å². The molecule has 0 radical (unpaired) electrons. The van der Waals surface area contributed by atoms with Gasteiger partial charge in [-0.05, 0) is 49.6 Å². The zero-order valence-electron chi connectivity index (χ0n) is 15.2. The molecule has 4 aromatic rings. The van der Waals surface area contributed by atoms with Gasteiger partial charge in [-0.2, -0.15) is 0 Å². The molecule has 134 valence electrons. The number of aryl methyl sites for hydroxylation is 2. The maximum Gasteiger partial charge on any atom is 0.206 e. The van der Waals surface area contributed by atoms with Gasteiger partial charge in [-0.25, -0.2) is 15.0 Å². The van der Waals surface area contributed by atoms with Crippen LogP contribution in [-0.2, 0) is 6.42 Å². The number of fused-ring (bicyclic) bond motifs is 2. The van der Waals surface area contributed by atoms with Gasteiger partial charge in [0.05, 0.1) is 11.3 Å². The van der Waals surface area contributed by atoms with Gasteiger partial charge in [-0.1, -0.05) is 0 Å². The van der Waals surface area contributed by atoms with Crippen molar-refractivity contribution in [2.24, 2.45) is 0 Å². The number of aromatic nitrogens is 5. The standard InChI is InChI=1S/C20H19N7/c1-11-7-14(8-12(2)25-11)16-17(26-20(21)27-6-5-23-19(16)27)15-9-13-3-4-22-18(13)24-10-15/h5-10H,3-4H2,1-2H3,(H2,21,26)(H,22,24). The maximum atomic E-state index is 6.23. The average molecular weight is 357 g/mol. The second-order valence-electron chi connectivity index (χ2n) is 6.86. The summed E-state index contributed by atoms with van der Waals surface area (Å²) < 4.78 is 1.81. The lowest BCUT2D eigenvalue weighted by Gasteiger charge is -2.14. The van der Waals surface area contributed by atoms with Gasteiger partial charge in [0.1, 0.15) is 11.5 Å². The van der Waals surface area contributed by atoms with Crippen LogP contribution in [0.4, 0.5) is 11.8 Å². The van der Waals surface area contributed by atoms with Crippen molar-refractivity contribution >= 4 is 17.4 Å². The summed E-state index contributed by atoms with van der Waals surface area (Å²) in [6, 6.07) is 6.26. The van der Waals surface area contributed by atoms with Crippen LogP contribution >= 0.6 is 0 Å². The molecule has 0 saturated heterocycles. The van der Waals surface area contributed by atoms with Crippen LogP contribution in [0.15, 0.2) is 36.8 Å². The highest BCUT2D eigenvalue weighted by molar-refractivity contribution is 5.91. The minimum absolute atomic E-state index is 0.405. The quantitative estimate of drug-likeness (QED) is 0.573. The van der Waals surface area contributed by atoms with Crippen LogP contribution in [0, 0.1) is 13.8 Å². The first kappa shape index (κ1) is 15.7. The van der Waals surface area contributed by atoms with E-state index in [-0.39, 0.29) is 0 Å². The minimum atomic E-state index is 0.405. The number of nitrogens with two attached hydrogens (primary N) is 1. The molecular weight excluding hydrogens is 338 g/mol. The van der Waals surface area contributed by atoms with E-state index in [2.05, 4.69) is 38.5 Å². The molecule has 0 fully saturated rings. The smallest absolute Gasteiger partial charge is 0.206 e. The number of pyridine rings is 2. The molecule has 0 aromatic carbocycles. The van der Waals surface area contributed by atoms with Crippen LogP contribution in [0.25, 0.3) is 28.0 Å². The van der Waals surface area contributed by atoms with E-state index in [1.165, 1.54) is 5.56 Å². The Balaban J connectivity index is 1.84. The van der Waals surface area contributed by atoms with E-state index in [9.17, 15) is 0 Å². The van der Waals surface area contributed by atoms with Crippen LogP contribution in [0.3, 0.4) is 0 Å². The van der Waals surface area contributed by atoms with Crippen LogP contribution in [0.5, 0.6) is 0 Å². The van der Waals surface area contributed by atoms with Gasteiger partial charge in [0.25, 0.3) is 0 Å². The molecule has 1 aliphatic heterocycles. The molecule has 7 heteroatoms. The van der Waals surface area contributed by atoms with Gasteiger partial charge < -0.3 is 11.1 Å². The van der Waals surface area contributed by atoms with Crippen molar-refractivity contribution < 1.29 is 0 Å². The maximum absolute atomic E-state index is 6.23. The van der Waals surface area contributed by atoms with Crippen molar-refractivity contribution in [1.82, 2.24) is 24.3 Å². The molecule has 0 unspecified atom stereocenters. The highest BCUT2D eigenvalue weighted by atomic mass is 15.1. The van der Waals surface area contributed by atoms with Crippen molar-refractivity contribution in [3.63, 3.8) is 0 Å². The Bertz CT molecular complexity index is 1170. The number of rotatable bonds is 2. The number of imidazole rings is 1. The normalized spacial score (nSPS) is 13.0. The Labute approximate surface area is 156 Å². The Hall–Kier alpha value is -3.48.